The fourth-order valence-electron chi connectivity index (χ4n) is 3.32. The number of ether oxygens (including phenoxy) is 5. The topological polar surface area (TPSA) is 114 Å². The number of carbonyl (C=O) groups is 1. The average molecular weight is 482 g/mol. The van der Waals surface area contributed by atoms with Crippen molar-refractivity contribution in [1.82, 2.24) is 0 Å². The molecule has 1 N–H and O–H groups in total. The van der Waals surface area contributed by atoms with Crippen molar-refractivity contribution in [2.24, 2.45) is 0 Å². The fraction of sp³-hybridized carbons (Fsp3) is 0.231. The molecule has 0 amide bonds. The van der Waals surface area contributed by atoms with E-state index < -0.39 is 12.6 Å². The Morgan fingerprint density at radius 2 is 1.74 bits per heavy atom. The highest BCUT2D eigenvalue weighted by atomic mass is 16.5. The Kier molecular flexibility index (Phi) is 8.39. The van der Waals surface area contributed by atoms with Crippen LogP contribution in [0.3, 0.4) is 0 Å². The maximum absolute atomic E-state index is 13.2. The van der Waals surface area contributed by atoms with Gasteiger partial charge >= 0.3 is 5.97 Å². The van der Waals surface area contributed by atoms with Crippen LogP contribution in [0.2, 0.25) is 0 Å². The van der Waals surface area contributed by atoms with E-state index in [9.17, 15) is 9.59 Å². The highest BCUT2D eigenvalue weighted by Crippen LogP contribution is 2.45. The first-order valence-corrected chi connectivity index (χ1v) is 10.7. The minimum atomic E-state index is -1.19. The van der Waals surface area contributed by atoms with Crippen LogP contribution in [0.25, 0.3) is 22.3 Å². The molecule has 3 aromatic rings. The Bertz CT molecular complexity index is 1290. The molecule has 9 nitrogen and oxygen atoms in total. The molecule has 0 fully saturated rings. The summed E-state index contributed by atoms with van der Waals surface area (Å²) in [7, 11) is 1.45. The van der Waals surface area contributed by atoms with Crippen molar-refractivity contribution in [2.45, 2.75) is 6.92 Å². The number of hydrogen-bond donors (Lipinski definition) is 1. The Morgan fingerprint density at radius 1 is 1.00 bits per heavy atom. The van der Waals surface area contributed by atoms with Crippen LogP contribution in [0, 0.1) is 0 Å². The molecule has 35 heavy (non-hydrogen) atoms. The zero-order valence-corrected chi connectivity index (χ0v) is 19.5. The van der Waals surface area contributed by atoms with Gasteiger partial charge in [-0.05, 0) is 19.1 Å². The van der Waals surface area contributed by atoms with Gasteiger partial charge < -0.3 is 33.2 Å². The van der Waals surface area contributed by atoms with Crippen molar-refractivity contribution in [3.05, 3.63) is 65.9 Å². The molecule has 0 saturated heterocycles. The summed E-state index contributed by atoms with van der Waals surface area (Å²) in [5.41, 5.74) is 0.125. The van der Waals surface area contributed by atoms with Gasteiger partial charge in [0.25, 0.3) is 0 Å². The van der Waals surface area contributed by atoms with Gasteiger partial charge in [0.2, 0.25) is 5.75 Å². The lowest BCUT2D eigenvalue weighted by Gasteiger charge is -2.18. The first-order valence-electron chi connectivity index (χ1n) is 10.7. The Morgan fingerprint density at radius 3 is 2.40 bits per heavy atom. The summed E-state index contributed by atoms with van der Waals surface area (Å²) >= 11 is 0. The quantitative estimate of drug-likeness (QED) is 0.353. The number of aliphatic carboxylic acids is 1. The van der Waals surface area contributed by atoms with E-state index in [0.717, 1.165) is 0 Å². The summed E-state index contributed by atoms with van der Waals surface area (Å²) in [5.74, 6) is 0.209. The minimum absolute atomic E-state index is 0.0679. The highest BCUT2D eigenvalue weighted by Gasteiger charge is 2.22. The lowest BCUT2D eigenvalue weighted by molar-refractivity contribution is -0.139. The molecular weight excluding hydrogens is 456 g/mol. The Labute approximate surface area is 201 Å². The number of benzene rings is 2. The zero-order chi connectivity index (χ0) is 25.4. The summed E-state index contributed by atoms with van der Waals surface area (Å²) in [6.07, 6.45) is 3.14. The Balaban J connectivity index is 2.26. The van der Waals surface area contributed by atoms with E-state index in [1.165, 1.54) is 13.2 Å². The number of hydrogen-bond acceptors (Lipinski definition) is 8. The number of carboxylic acid groups (broad SMARTS) is 1. The maximum Gasteiger partial charge on any atom is 0.341 e. The fourth-order valence-corrected chi connectivity index (χ4v) is 3.32. The van der Waals surface area contributed by atoms with Crippen LogP contribution >= 0.6 is 0 Å². The number of methoxy groups -OCH3 is 1. The molecule has 0 aliphatic carbocycles. The summed E-state index contributed by atoms with van der Waals surface area (Å²) in [5, 5.41) is 9.38. The van der Waals surface area contributed by atoms with E-state index in [-0.39, 0.29) is 59.2 Å². The number of carboxylic acids is 1. The molecule has 184 valence electrons. The predicted octanol–water partition coefficient (Wildman–Crippen LogP) is 4.46. The zero-order valence-electron chi connectivity index (χ0n) is 19.5. The van der Waals surface area contributed by atoms with Crippen molar-refractivity contribution >= 4 is 16.9 Å². The SMILES string of the molecule is C=CCOc1cc(OCC=C)c2c(=O)cc(-c3ccc(OC)c(OCC)c3OCC(=O)O)oc2c1. The van der Waals surface area contributed by atoms with Crippen LogP contribution in [-0.4, -0.2) is 44.6 Å². The van der Waals surface area contributed by atoms with Gasteiger partial charge in [-0.25, -0.2) is 4.79 Å². The lowest BCUT2D eigenvalue weighted by Crippen LogP contribution is -2.12. The second-order valence-electron chi connectivity index (χ2n) is 7.06. The monoisotopic (exact) mass is 482 g/mol. The van der Waals surface area contributed by atoms with Crippen LogP contribution in [-0.2, 0) is 4.79 Å². The third-order valence-corrected chi connectivity index (χ3v) is 4.68. The molecule has 0 radical (unpaired) electrons. The van der Waals surface area contributed by atoms with Gasteiger partial charge in [-0.15, -0.1) is 0 Å². The van der Waals surface area contributed by atoms with E-state index in [1.807, 2.05) is 0 Å². The van der Waals surface area contributed by atoms with Crippen molar-refractivity contribution < 1.29 is 38.0 Å². The molecule has 0 spiro atoms. The number of rotatable bonds is 13. The van der Waals surface area contributed by atoms with Crippen molar-refractivity contribution in [1.29, 1.82) is 0 Å². The van der Waals surface area contributed by atoms with E-state index >= 15 is 0 Å². The first-order chi connectivity index (χ1) is 16.9. The van der Waals surface area contributed by atoms with Crippen molar-refractivity contribution in [2.75, 3.05) is 33.5 Å². The van der Waals surface area contributed by atoms with Crippen LogP contribution in [0.15, 0.2) is 64.9 Å². The molecule has 9 heteroatoms. The molecule has 0 saturated carbocycles. The molecule has 3 rings (SSSR count). The van der Waals surface area contributed by atoms with E-state index in [1.54, 1.807) is 43.3 Å². The van der Waals surface area contributed by atoms with Gasteiger partial charge in [0.1, 0.15) is 41.4 Å². The first kappa shape index (κ1) is 25.2. The molecular formula is C26H26O9. The highest BCUT2D eigenvalue weighted by molar-refractivity contribution is 5.87. The maximum atomic E-state index is 13.2. The van der Waals surface area contributed by atoms with Gasteiger partial charge in [-0.1, -0.05) is 25.3 Å². The molecule has 1 heterocycles. The molecule has 0 aliphatic heterocycles. The molecule has 0 bridgehead atoms. The summed E-state index contributed by atoms with van der Waals surface area (Å²) in [6.45, 7) is 9.06. The van der Waals surface area contributed by atoms with Gasteiger partial charge in [0.05, 0.1) is 19.3 Å². The largest absolute Gasteiger partial charge is 0.493 e. The molecule has 0 atom stereocenters. The van der Waals surface area contributed by atoms with E-state index in [0.29, 0.717) is 17.1 Å². The van der Waals surface area contributed by atoms with Crippen molar-refractivity contribution in [3.8, 4) is 40.1 Å². The summed E-state index contributed by atoms with van der Waals surface area (Å²) in [6, 6.07) is 7.64. The third-order valence-electron chi connectivity index (χ3n) is 4.68. The standard InChI is InChI=1S/C26H26O9/c1-5-10-32-16-12-21(33-11-6-2)24-18(27)14-20(35-22(24)13-16)17-8-9-19(30-4)26(31-7-3)25(17)34-15-23(28)29/h5-6,8-9,12-14H,1-2,7,10-11,15H2,3-4H3,(H,28,29). The minimum Gasteiger partial charge on any atom is -0.493 e. The van der Waals surface area contributed by atoms with Crippen molar-refractivity contribution in [3.63, 3.8) is 0 Å². The van der Waals surface area contributed by atoms with E-state index in [2.05, 4.69) is 13.2 Å². The molecule has 2 aromatic carbocycles. The summed E-state index contributed by atoms with van der Waals surface area (Å²) < 4.78 is 34.0. The second kappa shape index (κ2) is 11.6. The molecule has 1 aromatic heterocycles. The molecule has 0 aliphatic rings. The second-order valence-corrected chi connectivity index (χ2v) is 7.06. The van der Waals surface area contributed by atoms with Crippen LogP contribution < -0.4 is 29.1 Å². The average Bonchev–Trinajstić information content (AvgIpc) is 2.84. The smallest absolute Gasteiger partial charge is 0.341 e. The van der Waals surface area contributed by atoms with Crippen LogP contribution in [0.4, 0.5) is 0 Å². The summed E-state index contributed by atoms with van der Waals surface area (Å²) in [4.78, 5) is 24.4. The normalized spacial score (nSPS) is 10.5. The van der Waals surface area contributed by atoms with E-state index in [4.69, 9.17) is 33.2 Å². The van der Waals surface area contributed by atoms with Gasteiger partial charge in [-0.3, -0.25) is 4.79 Å². The molecule has 0 unspecified atom stereocenters. The predicted molar refractivity (Wildman–Crippen MR) is 130 cm³/mol. The van der Waals surface area contributed by atoms with Crippen LogP contribution in [0.1, 0.15) is 6.92 Å². The van der Waals surface area contributed by atoms with Gasteiger partial charge in [0.15, 0.2) is 23.5 Å². The number of fused-ring (bicyclic) bond motifs is 1. The third kappa shape index (κ3) is 5.75. The van der Waals surface area contributed by atoms with Gasteiger partial charge in [0, 0.05) is 18.2 Å². The lowest BCUT2D eigenvalue weighted by atomic mass is 10.1. The van der Waals surface area contributed by atoms with Crippen LogP contribution in [0.5, 0.6) is 28.7 Å². The Hall–Kier alpha value is -4.40. The van der Waals surface area contributed by atoms with Gasteiger partial charge in [-0.2, -0.15) is 0 Å².